The number of ether oxygens (including phenoxy) is 1. The molecule has 1 heterocycles. The van der Waals surface area contributed by atoms with Crippen molar-refractivity contribution in [1.82, 2.24) is 15.5 Å². The molecule has 2 aromatic carbocycles. The van der Waals surface area contributed by atoms with Gasteiger partial charge in [0.1, 0.15) is 16.8 Å². The van der Waals surface area contributed by atoms with E-state index in [1.807, 2.05) is 30.3 Å². The Bertz CT molecular complexity index is 943. The lowest BCUT2D eigenvalue weighted by molar-refractivity contribution is -0.117. The molecule has 8 heteroatoms. The highest BCUT2D eigenvalue weighted by atomic mass is 32.1. The molecule has 1 aromatic heterocycles. The molecule has 0 radical (unpaired) electrons. The Kier molecular flexibility index (Phi) is 5.77. The molecule has 0 aliphatic rings. The zero-order valence-corrected chi connectivity index (χ0v) is 15.6. The van der Waals surface area contributed by atoms with E-state index in [9.17, 15) is 9.59 Å². The second kappa shape index (κ2) is 8.41. The fourth-order valence-electron chi connectivity index (χ4n) is 2.30. The van der Waals surface area contributed by atoms with Gasteiger partial charge in [-0.15, -0.1) is 10.2 Å². The molecule has 7 nitrogen and oxygen atoms in total. The van der Waals surface area contributed by atoms with Crippen molar-refractivity contribution in [1.29, 1.82) is 0 Å². The molecular weight excluding hydrogens is 364 g/mol. The number of carbonyl (C=O) groups excluding carboxylic acids is 2. The normalized spacial score (nSPS) is 11.5. The van der Waals surface area contributed by atoms with Crippen molar-refractivity contribution >= 4 is 28.3 Å². The molecular formula is C19H18N4O3S. The van der Waals surface area contributed by atoms with Gasteiger partial charge in [0.15, 0.2) is 0 Å². The van der Waals surface area contributed by atoms with Gasteiger partial charge in [-0.1, -0.05) is 41.7 Å². The maximum atomic E-state index is 12.3. The van der Waals surface area contributed by atoms with Crippen LogP contribution >= 0.6 is 11.3 Å². The van der Waals surface area contributed by atoms with Gasteiger partial charge in [-0.2, -0.15) is 0 Å². The second-order valence-electron chi connectivity index (χ2n) is 5.69. The van der Waals surface area contributed by atoms with Crippen LogP contribution < -0.4 is 15.4 Å². The summed E-state index contributed by atoms with van der Waals surface area (Å²) >= 11 is 1.24. The SMILES string of the molecule is COc1cccc(-c2nnc(NC(=O)[C@H](C)NC(=O)c3ccccc3)s2)c1. The van der Waals surface area contributed by atoms with Gasteiger partial charge in [0, 0.05) is 11.1 Å². The summed E-state index contributed by atoms with van der Waals surface area (Å²) in [6.45, 7) is 1.61. The standard InChI is InChI=1S/C19H18N4O3S/c1-12(20-17(25)13-7-4-3-5-8-13)16(24)21-19-23-22-18(27-19)14-9-6-10-15(11-14)26-2/h3-12H,1-2H3,(H,20,25)(H,21,23,24)/t12-/m0/s1. The summed E-state index contributed by atoms with van der Waals surface area (Å²) in [5, 5.41) is 14.4. The largest absolute Gasteiger partial charge is 0.497 e. The fraction of sp³-hybridized carbons (Fsp3) is 0.158. The first-order valence-corrected chi connectivity index (χ1v) is 9.03. The van der Waals surface area contributed by atoms with Crippen LogP contribution in [0.4, 0.5) is 5.13 Å². The van der Waals surface area contributed by atoms with Crippen LogP contribution in [0.3, 0.4) is 0 Å². The molecule has 3 rings (SSSR count). The molecule has 0 fully saturated rings. The van der Waals surface area contributed by atoms with Crippen molar-refractivity contribution in [3.8, 4) is 16.3 Å². The Balaban J connectivity index is 1.62. The van der Waals surface area contributed by atoms with E-state index < -0.39 is 6.04 Å². The fourth-order valence-corrected chi connectivity index (χ4v) is 3.04. The number of hydrogen-bond acceptors (Lipinski definition) is 6. The van der Waals surface area contributed by atoms with Crippen LogP contribution in [0, 0.1) is 0 Å². The van der Waals surface area contributed by atoms with Gasteiger partial charge in [-0.05, 0) is 31.2 Å². The summed E-state index contributed by atoms with van der Waals surface area (Å²) in [5.74, 6) is 0.0331. The lowest BCUT2D eigenvalue weighted by Crippen LogP contribution is -2.41. The van der Waals surface area contributed by atoms with Crippen molar-refractivity contribution in [3.63, 3.8) is 0 Å². The molecule has 27 heavy (non-hydrogen) atoms. The first kappa shape index (κ1) is 18.5. The number of nitrogens with one attached hydrogen (secondary N) is 2. The molecule has 3 aromatic rings. The molecule has 0 saturated heterocycles. The molecule has 0 spiro atoms. The van der Waals surface area contributed by atoms with E-state index in [-0.39, 0.29) is 11.8 Å². The van der Waals surface area contributed by atoms with E-state index in [4.69, 9.17) is 4.74 Å². The summed E-state index contributed by atoms with van der Waals surface area (Å²) in [6, 6.07) is 15.4. The number of methoxy groups -OCH3 is 1. The third-order valence-corrected chi connectivity index (χ3v) is 4.64. The minimum Gasteiger partial charge on any atom is -0.497 e. The molecule has 1 atom stereocenters. The van der Waals surface area contributed by atoms with Crippen molar-refractivity contribution in [3.05, 3.63) is 60.2 Å². The quantitative estimate of drug-likeness (QED) is 0.684. The average molecular weight is 382 g/mol. The predicted octanol–water partition coefficient (Wildman–Crippen LogP) is 2.97. The Morgan fingerprint density at radius 2 is 1.85 bits per heavy atom. The van der Waals surface area contributed by atoms with Crippen LogP contribution in [0.1, 0.15) is 17.3 Å². The zero-order valence-electron chi connectivity index (χ0n) is 14.8. The highest BCUT2D eigenvalue weighted by Crippen LogP contribution is 2.28. The van der Waals surface area contributed by atoms with E-state index in [0.717, 1.165) is 5.56 Å². The highest BCUT2D eigenvalue weighted by molar-refractivity contribution is 7.18. The van der Waals surface area contributed by atoms with Crippen molar-refractivity contribution in [2.75, 3.05) is 12.4 Å². The lowest BCUT2D eigenvalue weighted by atomic mass is 10.2. The summed E-state index contributed by atoms with van der Waals surface area (Å²) in [4.78, 5) is 24.5. The number of amides is 2. The number of nitrogens with zero attached hydrogens (tertiary/aromatic N) is 2. The molecule has 2 N–H and O–H groups in total. The van der Waals surface area contributed by atoms with Crippen LogP contribution in [0.15, 0.2) is 54.6 Å². The van der Waals surface area contributed by atoms with Crippen LogP contribution in [-0.4, -0.2) is 35.2 Å². The molecule has 0 aliphatic carbocycles. The number of rotatable bonds is 6. The molecule has 2 amide bonds. The third-order valence-electron chi connectivity index (χ3n) is 3.75. The van der Waals surface area contributed by atoms with E-state index in [1.54, 1.807) is 38.3 Å². The smallest absolute Gasteiger partial charge is 0.251 e. The summed E-state index contributed by atoms with van der Waals surface area (Å²) < 4.78 is 5.20. The Morgan fingerprint density at radius 1 is 1.07 bits per heavy atom. The molecule has 0 bridgehead atoms. The number of hydrogen-bond donors (Lipinski definition) is 2. The van der Waals surface area contributed by atoms with Crippen molar-refractivity contribution < 1.29 is 14.3 Å². The number of benzene rings is 2. The predicted molar refractivity (Wildman–Crippen MR) is 104 cm³/mol. The van der Waals surface area contributed by atoms with Gasteiger partial charge in [0.25, 0.3) is 5.91 Å². The molecule has 0 saturated carbocycles. The second-order valence-corrected chi connectivity index (χ2v) is 6.67. The van der Waals surface area contributed by atoms with Gasteiger partial charge in [-0.25, -0.2) is 0 Å². The molecule has 138 valence electrons. The van der Waals surface area contributed by atoms with Gasteiger partial charge < -0.3 is 10.1 Å². The van der Waals surface area contributed by atoms with Crippen LogP contribution in [0.25, 0.3) is 10.6 Å². The Hall–Kier alpha value is -3.26. The molecule has 0 unspecified atom stereocenters. The zero-order chi connectivity index (χ0) is 19.2. The van der Waals surface area contributed by atoms with Gasteiger partial charge in [0.2, 0.25) is 11.0 Å². The monoisotopic (exact) mass is 382 g/mol. The maximum Gasteiger partial charge on any atom is 0.251 e. The number of aromatic nitrogens is 2. The first-order chi connectivity index (χ1) is 13.1. The van der Waals surface area contributed by atoms with Crippen molar-refractivity contribution in [2.24, 2.45) is 0 Å². The van der Waals surface area contributed by atoms with Gasteiger partial charge in [0.05, 0.1) is 7.11 Å². The maximum absolute atomic E-state index is 12.3. The average Bonchev–Trinajstić information content (AvgIpc) is 3.17. The third kappa shape index (κ3) is 4.68. The van der Waals surface area contributed by atoms with Gasteiger partial charge >= 0.3 is 0 Å². The van der Waals surface area contributed by atoms with E-state index in [1.165, 1.54) is 11.3 Å². The molecule has 0 aliphatic heterocycles. The van der Waals surface area contributed by atoms with Crippen LogP contribution in [0.2, 0.25) is 0 Å². The van der Waals surface area contributed by atoms with E-state index in [2.05, 4.69) is 20.8 Å². The minimum atomic E-state index is -0.720. The Labute approximate surface area is 160 Å². The summed E-state index contributed by atoms with van der Waals surface area (Å²) in [6.07, 6.45) is 0. The van der Waals surface area contributed by atoms with Gasteiger partial charge in [-0.3, -0.25) is 14.9 Å². The van der Waals surface area contributed by atoms with Crippen LogP contribution in [0.5, 0.6) is 5.75 Å². The van der Waals surface area contributed by atoms with Crippen LogP contribution in [-0.2, 0) is 4.79 Å². The topological polar surface area (TPSA) is 93.2 Å². The first-order valence-electron chi connectivity index (χ1n) is 8.21. The van der Waals surface area contributed by atoms with Crippen molar-refractivity contribution in [2.45, 2.75) is 13.0 Å². The Morgan fingerprint density at radius 3 is 2.59 bits per heavy atom. The number of anilines is 1. The van der Waals surface area contributed by atoms with E-state index >= 15 is 0 Å². The summed E-state index contributed by atoms with van der Waals surface area (Å²) in [7, 11) is 1.59. The number of carbonyl (C=O) groups is 2. The lowest BCUT2D eigenvalue weighted by Gasteiger charge is -2.12. The minimum absolute atomic E-state index is 0.312. The highest BCUT2D eigenvalue weighted by Gasteiger charge is 2.18. The summed E-state index contributed by atoms with van der Waals surface area (Å²) in [5.41, 5.74) is 1.34. The van der Waals surface area contributed by atoms with E-state index in [0.29, 0.717) is 21.5 Å².